The van der Waals surface area contributed by atoms with Gasteiger partial charge in [0.25, 0.3) is 5.91 Å². The van der Waals surface area contributed by atoms with Gasteiger partial charge in [0.2, 0.25) is 0 Å². The quantitative estimate of drug-likeness (QED) is 0.611. The lowest BCUT2D eigenvalue weighted by molar-refractivity contribution is 0.0981. The van der Waals surface area contributed by atoms with Crippen molar-refractivity contribution in [2.24, 2.45) is 0 Å². The van der Waals surface area contributed by atoms with Crippen LogP contribution in [0.2, 0.25) is 0 Å². The van der Waals surface area contributed by atoms with Crippen LogP contribution >= 0.6 is 23.6 Å². The second kappa shape index (κ2) is 7.58. The fourth-order valence-corrected chi connectivity index (χ4v) is 3.31. The number of benzene rings is 1. The molecule has 0 aliphatic carbocycles. The van der Waals surface area contributed by atoms with Gasteiger partial charge in [-0.25, -0.2) is 0 Å². The van der Waals surface area contributed by atoms with E-state index in [4.69, 9.17) is 12.2 Å². The number of aryl methyl sites for hydroxylation is 2. The monoisotopic (exact) mass is 370 g/mol. The number of aromatic amines is 1. The van der Waals surface area contributed by atoms with E-state index in [0.29, 0.717) is 4.88 Å². The second-order valence-corrected chi connectivity index (χ2v) is 7.03. The molecule has 0 fully saturated rings. The van der Waals surface area contributed by atoms with Gasteiger partial charge in [0.1, 0.15) is 0 Å². The largest absolute Gasteiger partial charge is 0.332 e. The van der Waals surface area contributed by atoms with Crippen LogP contribution < -0.4 is 10.6 Å². The Morgan fingerprint density at radius 1 is 1.24 bits per heavy atom. The molecule has 2 heterocycles. The number of aromatic nitrogens is 2. The number of thiophene rings is 1. The zero-order chi connectivity index (χ0) is 17.8. The second-order valence-electron chi connectivity index (χ2n) is 5.67. The number of carbonyl (C=O) groups excluding carboxylic acids is 1. The van der Waals surface area contributed by atoms with Crippen LogP contribution in [0.1, 0.15) is 32.2 Å². The molecule has 0 aliphatic rings. The number of rotatable bonds is 4. The van der Waals surface area contributed by atoms with Crippen LogP contribution in [-0.2, 0) is 6.42 Å². The first kappa shape index (κ1) is 17.3. The van der Waals surface area contributed by atoms with E-state index in [0.717, 1.165) is 23.5 Å². The molecular weight excluding hydrogens is 352 g/mol. The summed E-state index contributed by atoms with van der Waals surface area (Å²) in [5.74, 6) is -0.199. The highest BCUT2D eigenvalue weighted by atomic mass is 32.1. The third kappa shape index (κ3) is 4.32. The van der Waals surface area contributed by atoms with Gasteiger partial charge in [-0.15, -0.1) is 11.3 Å². The van der Waals surface area contributed by atoms with Crippen molar-refractivity contribution < 1.29 is 4.79 Å². The molecule has 3 aromatic rings. The van der Waals surface area contributed by atoms with Crippen LogP contribution in [0.25, 0.3) is 0 Å². The lowest BCUT2D eigenvalue weighted by atomic mass is 10.0. The van der Waals surface area contributed by atoms with Crippen LogP contribution in [0.15, 0.2) is 41.8 Å². The van der Waals surface area contributed by atoms with Crippen molar-refractivity contribution in [1.29, 1.82) is 0 Å². The Kier molecular flexibility index (Phi) is 5.25. The summed E-state index contributed by atoms with van der Waals surface area (Å²) in [4.78, 5) is 12.6. The van der Waals surface area contributed by atoms with E-state index in [1.165, 1.54) is 22.5 Å². The van der Waals surface area contributed by atoms with Crippen LogP contribution in [0.4, 0.5) is 5.69 Å². The summed E-state index contributed by atoms with van der Waals surface area (Å²) < 4.78 is 0. The van der Waals surface area contributed by atoms with Crippen molar-refractivity contribution in [1.82, 2.24) is 15.5 Å². The molecule has 25 heavy (non-hydrogen) atoms. The van der Waals surface area contributed by atoms with Gasteiger partial charge in [-0.1, -0.05) is 18.2 Å². The van der Waals surface area contributed by atoms with Crippen molar-refractivity contribution in [2.45, 2.75) is 20.3 Å². The van der Waals surface area contributed by atoms with Crippen molar-refractivity contribution in [2.75, 3.05) is 5.32 Å². The molecule has 1 amide bonds. The van der Waals surface area contributed by atoms with Gasteiger partial charge in [-0.3, -0.25) is 15.2 Å². The van der Waals surface area contributed by atoms with E-state index in [1.807, 2.05) is 49.6 Å². The molecule has 0 radical (unpaired) electrons. The zero-order valence-electron chi connectivity index (χ0n) is 13.9. The Labute approximate surface area is 155 Å². The average molecular weight is 371 g/mol. The van der Waals surface area contributed by atoms with Gasteiger partial charge < -0.3 is 5.32 Å². The Morgan fingerprint density at radius 3 is 2.60 bits per heavy atom. The maximum atomic E-state index is 12.0. The third-order valence-electron chi connectivity index (χ3n) is 3.85. The molecule has 128 valence electrons. The smallest absolute Gasteiger partial charge is 0.267 e. The molecule has 0 unspecified atom stereocenters. The number of hydrogen-bond acceptors (Lipinski definition) is 4. The van der Waals surface area contributed by atoms with Crippen LogP contribution in [0, 0.1) is 13.8 Å². The Balaban J connectivity index is 1.59. The van der Waals surface area contributed by atoms with Gasteiger partial charge in [0.05, 0.1) is 10.6 Å². The summed E-state index contributed by atoms with van der Waals surface area (Å²) >= 11 is 6.57. The van der Waals surface area contributed by atoms with Gasteiger partial charge in [0, 0.05) is 23.4 Å². The maximum Gasteiger partial charge on any atom is 0.267 e. The van der Waals surface area contributed by atoms with E-state index < -0.39 is 0 Å². The van der Waals surface area contributed by atoms with Crippen molar-refractivity contribution >= 4 is 40.3 Å². The van der Waals surface area contributed by atoms with Gasteiger partial charge in [-0.2, -0.15) is 5.10 Å². The molecule has 0 spiro atoms. The number of nitrogens with zero attached hydrogens (tertiary/aromatic N) is 1. The number of nitrogens with one attached hydrogen (secondary N) is 3. The minimum Gasteiger partial charge on any atom is -0.332 e. The summed E-state index contributed by atoms with van der Waals surface area (Å²) in [6.45, 7) is 4.03. The SMILES string of the molecule is Cc1n[nH]c(C)c1Cc1ccc(NC(=S)NC(=O)c2cccs2)cc1. The number of hydrogen-bond donors (Lipinski definition) is 3. The third-order valence-corrected chi connectivity index (χ3v) is 4.92. The first-order valence-electron chi connectivity index (χ1n) is 7.78. The van der Waals surface area contributed by atoms with Crippen molar-refractivity contribution in [3.63, 3.8) is 0 Å². The summed E-state index contributed by atoms with van der Waals surface area (Å²) in [5.41, 5.74) is 5.36. The molecule has 7 heteroatoms. The molecule has 0 saturated carbocycles. The molecule has 0 atom stereocenters. The van der Waals surface area contributed by atoms with Crippen molar-refractivity contribution in [3.8, 4) is 0 Å². The molecule has 5 nitrogen and oxygen atoms in total. The van der Waals surface area contributed by atoms with Crippen LogP contribution in [-0.4, -0.2) is 21.2 Å². The highest BCUT2D eigenvalue weighted by Gasteiger charge is 2.09. The van der Waals surface area contributed by atoms with Gasteiger partial charge >= 0.3 is 0 Å². The highest BCUT2D eigenvalue weighted by molar-refractivity contribution is 7.80. The number of thiocarbonyl (C=S) groups is 1. The van der Waals surface area contributed by atoms with E-state index >= 15 is 0 Å². The van der Waals surface area contributed by atoms with Crippen LogP contribution in [0.3, 0.4) is 0 Å². The molecule has 0 bridgehead atoms. The van der Waals surface area contributed by atoms with Crippen LogP contribution in [0.5, 0.6) is 0 Å². The van der Waals surface area contributed by atoms with E-state index in [1.54, 1.807) is 6.07 Å². The summed E-state index contributed by atoms with van der Waals surface area (Å²) in [5, 5.41) is 15.1. The number of H-pyrrole nitrogens is 1. The lowest BCUT2D eigenvalue weighted by Gasteiger charge is -2.10. The van der Waals surface area contributed by atoms with E-state index in [-0.39, 0.29) is 11.0 Å². The summed E-state index contributed by atoms with van der Waals surface area (Å²) in [7, 11) is 0. The lowest BCUT2D eigenvalue weighted by Crippen LogP contribution is -2.33. The number of amides is 1. The number of anilines is 1. The number of carbonyl (C=O) groups is 1. The van der Waals surface area contributed by atoms with Gasteiger partial charge in [-0.05, 0) is 55.2 Å². The molecule has 0 aliphatic heterocycles. The fourth-order valence-electron chi connectivity index (χ4n) is 2.48. The zero-order valence-corrected chi connectivity index (χ0v) is 15.6. The summed E-state index contributed by atoms with van der Waals surface area (Å²) in [6.07, 6.45) is 0.827. The van der Waals surface area contributed by atoms with E-state index in [2.05, 4.69) is 20.8 Å². The standard InChI is InChI=1S/C18H18N4OS2/c1-11-15(12(2)22-21-11)10-13-5-7-14(8-6-13)19-18(24)20-17(23)16-4-3-9-25-16/h3-9H,10H2,1-2H3,(H,21,22)(H2,19,20,23,24). The van der Waals surface area contributed by atoms with Gasteiger partial charge in [0.15, 0.2) is 5.11 Å². The maximum absolute atomic E-state index is 12.0. The minimum atomic E-state index is -0.199. The molecule has 1 aromatic carbocycles. The normalized spacial score (nSPS) is 10.5. The Morgan fingerprint density at radius 2 is 2.00 bits per heavy atom. The topological polar surface area (TPSA) is 69.8 Å². The minimum absolute atomic E-state index is 0.199. The molecule has 2 aromatic heterocycles. The molecule has 0 saturated heterocycles. The molecule has 3 rings (SSSR count). The highest BCUT2D eigenvalue weighted by Crippen LogP contribution is 2.17. The first-order valence-corrected chi connectivity index (χ1v) is 9.07. The predicted octanol–water partition coefficient (Wildman–Crippen LogP) is 3.81. The predicted molar refractivity (Wildman–Crippen MR) is 105 cm³/mol. The molecule has 3 N–H and O–H groups in total. The first-order chi connectivity index (χ1) is 12.0. The fraction of sp³-hybridized carbons (Fsp3) is 0.167. The Bertz CT molecular complexity index is 863. The molecular formula is C18H18N4OS2. The average Bonchev–Trinajstić information content (AvgIpc) is 3.22. The summed E-state index contributed by atoms with van der Waals surface area (Å²) in [6, 6.07) is 11.6. The Hall–Kier alpha value is -2.51. The van der Waals surface area contributed by atoms with E-state index in [9.17, 15) is 4.79 Å². The van der Waals surface area contributed by atoms with Crippen molar-refractivity contribution in [3.05, 3.63) is 69.2 Å².